The van der Waals surface area contributed by atoms with Gasteiger partial charge in [-0.2, -0.15) is 0 Å². The summed E-state index contributed by atoms with van der Waals surface area (Å²) >= 11 is 0. The Morgan fingerprint density at radius 3 is 2.28 bits per heavy atom. The van der Waals surface area contributed by atoms with E-state index in [1.807, 2.05) is 13.1 Å². The zero-order valence-electron chi connectivity index (χ0n) is 12.2. The summed E-state index contributed by atoms with van der Waals surface area (Å²) in [7, 11) is 3.51. The molecule has 0 heterocycles. The molecule has 0 spiro atoms. The number of hydrogen-bond donors (Lipinski definition) is 2. The molecule has 1 atom stereocenters. The fourth-order valence-corrected chi connectivity index (χ4v) is 2.23. The minimum atomic E-state index is -0.850. The van der Waals surface area contributed by atoms with Gasteiger partial charge in [-0.25, -0.2) is 0 Å². The van der Waals surface area contributed by atoms with E-state index in [1.165, 1.54) is 5.56 Å². The van der Waals surface area contributed by atoms with Gasteiger partial charge in [0.05, 0.1) is 18.8 Å². The van der Waals surface area contributed by atoms with Crippen LogP contribution in [-0.4, -0.2) is 24.9 Å². The topological polar surface area (TPSA) is 41.5 Å². The quantitative estimate of drug-likeness (QED) is 0.845. The molecule has 1 aromatic rings. The highest BCUT2D eigenvalue weighted by Crippen LogP contribution is 2.34. The number of aliphatic hydroxyl groups is 1. The number of nitrogens with one attached hydrogen (secondary N) is 1. The van der Waals surface area contributed by atoms with Crippen molar-refractivity contribution in [2.45, 2.75) is 45.3 Å². The molecular weight excluding hydrogens is 226 g/mol. The van der Waals surface area contributed by atoms with E-state index in [1.54, 1.807) is 21.0 Å². The molecular formula is C15H25NO2. The van der Waals surface area contributed by atoms with Gasteiger partial charge in [0.2, 0.25) is 0 Å². The Morgan fingerprint density at radius 1 is 1.28 bits per heavy atom. The number of rotatable bonds is 5. The summed E-state index contributed by atoms with van der Waals surface area (Å²) in [5.74, 6) is 1.26. The maximum Gasteiger partial charge on any atom is 0.123 e. The molecule has 0 amide bonds. The van der Waals surface area contributed by atoms with Crippen molar-refractivity contribution >= 4 is 0 Å². The van der Waals surface area contributed by atoms with Crippen LogP contribution in [0.15, 0.2) is 18.2 Å². The average Bonchev–Trinajstić information content (AvgIpc) is 2.27. The molecule has 1 rings (SSSR count). The average molecular weight is 251 g/mol. The van der Waals surface area contributed by atoms with Crippen molar-refractivity contribution in [2.75, 3.05) is 14.2 Å². The van der Waals surface area contributed by atoms with Gasteiger partial charge in [0.1, 0.15) is 5.75 Å². The lowest BCUT2D eigenvalue weighted by Crippen LogP contribution is -2.37. The third-order valence-electron chi connectivity index (χ3n) is 3.23. The van der Waals surface area contributed by atoms with E-state index in [9.17, 15) is 5.11 Å². The van der Waals surface area contributed by atoms with Crippen LogP contribution in [-0.2, 0) is 0 Å². The van der Waals surface area contributed by atoms with Crippen LogP contribution in [0.4, 0.5) is 0 Å². The summed E-state index contributed by atoms with van der Waals surface area (Å²) in [6, 6.07) is 6.00. The molecule has 102 valence electrons. The molecule has 0 saturated heterocycles. The van der Waals surface area contributed by atoms with Crippen molar-refractivity contribution in [1.29, 1.82) is 0 Å². The molecule has 0 bridgehead atoms. The number of methoxy groups -OCH3 is 1. The molecule has 18 heavy (non-hydrogen) atoms. The van der Waals surface area contributed by atoms with E-state index in [-0.39, 0.29) is 6.04 Å². The molecule has 0 aliphatic rings. The number of benzene rings is 1. The summed E-state index contributed by atoms with van der Waals surface area (Å²) < 4.78 is 5.41. The predicted octanol–water partition coefficient (Wildman–Crippen LogP) is 2.85. The first kappa shape index (κ1) is 15.0. The standard InChI is InChI=1S/C15H25NO2/c1-10(2)11-7-8-13(18-6)12(9-11)14(16-5)15(3,4)17/h7-10,14,16-17H,1-6H3. The Morgan fingerprint density at radius 2 is 1.89 bits per heavy atom. The fraction of sp³-hybridized carbons (Fsp3) is 0.600. The zero-order chi connectivity index (χ0) is 13.9. The van der Waals surface area contributed by atoms with Crippen molar-refractivity contribution in [3.63, 3.8) is 0 Å². The highest BCUT2D eigenvalue weighted by atomic mass is 16.5. The van der Waals surface area contributed by atoms with Crippen molar-refractivity contribution < 1.29 is 9.84 Å². The van der Waals surface area contributed by atoms with Crippen molar-refractivity contribution in [1.82, 2.24) is 5.32 Å². The molecule has 0 aromatic heterocycles. The van der Waals surface area contributed by atoms with Gasteiger partial charge in [-0.15, -0.1) is 0 Å². The molecule has 1 unspecified atom stereocenters. The van der Waals surface area contributed by atoms with Crippen LogP contribution >= 0.6 is 0 Å². The van der Waals surface area contributed by atoms with E-state index < -0.39 is 5.60 Å². The lowest BCUT2D eigenvalue weighted by molar-refractivity contribution is 0.0391. The maximum absolute atomic E-state index is 10.3. The number of ether oxygens (including phenoxy) is 1. The highest BCUT2D eigenvalue weighted by Gasteiger charge is 2.29. The first-order valence-electron chi connectivity index (χ1n) is 6.38. The Labute approximate surface area is 110 Å². The summed E-state index contributed by atoms with van der Waals surface area (Å²) in [6.07, 6.45) is 0. The predicted molar refractivity (Wildman–Crippen MR) is 75.2 cm³/mol. The first-order chi connectivity index (χ1) is 8.31. The van der Waals surface area contributed by atoms with Crippen LogP contribution in [0.3, 0.4) is 0 Å². The second-order valence-electron chi connectivity index (χ2n) is 5.53. The zero-order valence-corrected chi connectivity index (χ0v) is 12.2. The van der Waals surface area contributed by atoms with Crippen LogP contribution < -0.4 is 10.1 Å². The lowest BCUT2D eigenvalue weighted by atomic mass is 9.89. The monoisotopic (exact) mass is 251 g/mol. The highest BCUT2D eigenvalue weighted by molar-refractivity contribution is 5.41. The van der Waals surface area contributed by atoms with Crippen molar-refractivity contribution in [3.05, 3.63) is 29.3 Å². The first-order valence-corrected chi connectivity index (χ1v) is 6.38. The van der Waals surface area contributed by atoms with Gasteiger partial charge in [-0.1, -0.05) is 26.0 Å². The van der Waals surface area contributed by atoms with E-state index in [0.29, 0.717) is 5.92 Å². The normalized spacial score (nSPS) is 13.8. The van der Waals surface area contributed by atoms with Crippen LogP contribution in [0.5, 0.6) is 5.75 Å². The third kappa shape index (κ3) is 3.24. The summed E-state index contributed by atoms with van der Waals surface area (Å²) in [5, 5.41) is 13.4. The Bertz CT molecular complexity index is 394. The smallest absolute Gasteiger partial charge is 0.123 e. The van der Waals surface area contributed by atoms with Crippen LogP contribution in [0.25, 0.3) is 0 Å². The van der Waals surface area contributed by atoms with Crippen LogP contribution in [0.1, 0.15) is 50.8 Å². The van der Waals surface area contributed by atoms with E-state index >= 15 is 0 Å². The molecule has 0 aliphatic carbocycles. The summed E-state index contributed by atoms with van der Waals surface area (Å²) in [5.41, 5.74) is 1.39. The van der Waals surface area contributed by atoms with Crippen LogP contribution in [0.2, 0.25) is 0 Å². The summed E-state index contributed by atoms with van der Waals surface area (Å²) in [4.78, 5) is 0. The minimum Gasteiger partial charge on any atom is -0.496 e. The number of likely N-dealkylation sites (N-methyl/N-ethyl adjacent to an activating group) is 1. The fourth-order valence-electron chi connectivity index (χ4n) is 2.23. The number of hydrogen-bond acceptors (Lipinski definition) is 3. The molecule has 0 saturated carbocycles. The van der Waals surface area contributed by atoms with Gasteiger partial charge in [0.25, 0.3) is 0 Å². The SMILES string of the molecule is CNC(c1cc(C(C)C)ccc1OC)C(C)(C)O. The van der Waals surface area contributed by atoms with Gasteiger partial charge in [-0.3, -0.25) is 0 Å². The van der Waals surface area contributed by atoms with E-state index in [2.05, 4.69) is 31.3 Å². The minimum absolute atomic E-state index is 0.161. The molecule has 0 aliphatic heterocycles. The molecule has 0 fully saturated rings. The molecule has 1 aromatic carbocycles. The maximum atomic E-state index is 10.3. The van der Waals surface area contributed by atoms with Crippen LogP contribution in [0, 0.1) is 0 Å². The molecule has 3 heteroatoms. The largest absolute Gasteiger partial charge is 0.496 e. The molecule has 3 nitrogen and oxygen atoms in total. The summed E-state index contributed by atoms with van der Waals surface area (Å²) in [6.45, 7) is 7.92. The van der Waals surface area contributed by atoms with Crippen molar-refractivity contribution in [3.8, 4) is 5.75 Å². The van der Waals surface area contributed by atoms with Crippen molar-refractivity contribution in [2.24, 2.45) is 0 Å². The lowest BCUT2D eigenvalue weighted by Gasteiger charge is -2.31. The second-order valence-corrected chi connectivity index (χ2v) is 5.53. The Kier molecular flexibility index (Phi) is 4.77. The van der Waals surface area contributed by atoms with Gasteiger partial charge in [-0.05, 0) is 38.4 Å². The van der Waals surface area contributed by atoms with Gasteiger partial charge < -0.3 is 15.2 Å². The third-order valence-corrected chi connectivity index (χ3v) is 3.23. The Hall–Kier alpha value is -1.06. The molecule has 0 radical (unpaired) electrons. The van der Waals surface area contributed by atoms with E-state index in [4.69, 9.17) is 4.74 Å². The second kappa shape index (κ2) is 5.72. The molecule has 2 N–H and O–H groups in total. The Balaban J connectivity index is 3.30. The van der Waals surface area contributed by atoms with Gasteiger partial charge in [0.15, 0.2) is 0 Å². The van der Waals surface area contributed by atoms with Gasteiger partial charge >= 0.3 is 0 Å². The van der Waals surface area contributed by atoms with Gasteiger partial charge in [0, 0.05) is 5.56 Å². The van der Waals surface area contributed by atoms with E-state index in [0.717, 1.165) is 11.3 Å².